The molecule has 100 valence electrons. The minimum atomic E-state index is -0.495. The van der Waals surface area contributed by atoms with Crippen LogP contribution in [-0.2, 0) is 9.59 Å². The lowest BCUT2D eigenvalue weighted by atomic mass is 10.2. The van der Waals surface area contributed by atoms with Gasteiger partial charge >= 0.3 is 0 Å². The van der Waals surface area contributed by atoms with Crippen molar-refractivity contribution >= 4 is 69.0 Å². The zero-order chi connectivity index (χ0) is 14.0. The molecule has 0 unspecified atom stereocenters. The third-order valence-corrected chi connectivity index (χ3v) is 4.28. The summed E-state index contributed by atoms with van der Waals surface area (Å²) in [5.41, 5.74) is 0.421. The number of rotatable bonds is 3. The highest BCUT2D eigenvalue weighted by atomic mass is 35.5. The molecule has 4 nitrogen and oxygen atoms in total. The zero-order valence-corrected chi connectivity index (χ0v) is 12.6. The van der Waals surface area contributed by atoms with Crippen molar-refractivity contribution in [2.75, 3.05) is 5.32 Å². The number of amides is 2. The van der Waals surface area contributed by atoms with Crippen LogP contribution in [0.25, 0.3) is 0 Å². The van der Waals surface area contributed by atoms with Crippen molar-refractivity contribution in [1.82, 2.24) is 5.32 Å². The van der Waals surface area contributed by atoms with Gasteiger partial charge in [-0.2, -0.15) is 0 Å². The molecule has 1 heterocycles. The molecule has 0 saturated carbocycles. The molecule has 2 N–H and O–H groups in total. The predicted octanol–water partition coefficient (Wildman–Crippen LogP) is 2.84. The molecule has 1 aliphatic heterocycles. The highest BCUT2D eigenvalue weighted by Gasteiger charge is 2.31. The third kappa shape index (κ3) is 3.82. The summed E-state index contributed by atoms with van der Waals surface area (Å²) in [7, 11) is 0. The highest BCUT2D eigenvalue weighted by Crippen LogP contribution is 2.27. The molecule has 1 aliphatic rings. The van der Waals surface area contributed by atoms with Crippen LogP contribution < -0.4 is 10.6 Å². The highest BCUT2D eigenvalue weighted by molar-refractivity contribution is 8.24. The molecule has 1 aromatic rings. The molecule has 0 radical (unpaired) electrons. The van der Waals surface area contributed by atoms with Crippen LogP contribution >= 0.6 is 47.2 Å². The molecule has 0 spiro atoms. The summed E-state index contributed by atoms with van der Waals surface area (Å²) in [6.07, 6.45) is 0.0273. The summed E-state index contributed by atoms with van der Waals surface area (Å²) in [6, 6.07) is 4.76. The standard InChI is InChI=1S/C11H8Cl2N2O2S2/c12-5-1-2-6(13)7(3-5)14-9(16)4-8-10(17)15-11(18)19-8/h1-3,8H,4H2,(H,14,16)(H,15,17,18)/t8-/m1/s1. The lowest BCUT2D eigenvalue weighted by molar-refractivity contribution is -0.122. The van der Waals surface area contributed by atoms with Crippen molar-refractivity contribution in [2.24, 2.45) is 0 Å². The van der Waals surface area contributed by atoms with E-state index in [0.29, 0.717) is 20.1 Å². The Hall–Kier alpha value is -0.820. The van der Waals surface area contributed by atoms with Crippen LogP contribution in [0.15, 0.2) is 18.2 Å². The zero-order valence-electron chi connectivity index (χ0n) is 9.41. The second-order valence-corrected chi connectivity index (χ2v) is 6.48. The smallest absolute Gasteiger partial charge is 0.239 e. The first-order valence-corrected chi connectivity index (χ1v) is 7.26. The van der Waals surface area contributed by atoms with Crippen molar-refractivity contribution in [1.29, 1.82) is 0 Å². The van der Waals surface area contributed by atoms with Gasteiger partial charge in [0.25, 0.3) is 0 Å². The van der Waals surface area contributed by atoms with E-state index in [2.05, 4.69) is 10.6 Å². The van der Waals surface area contributed by atoms with E-state index in [0.717, 1.165) is 0 Å². The van der Waals surface area contributed by atoms with Crippen molar-refractivity contribution in [3.8, 4) is 0 Å². The number of benzene rings is 1. The molecule has 2 rings (SSSR count). The van der Waals surface area contributed by atoms with Crippen LogP contribution in [0.1, 0.15) is 6.42 Å². The maximum absolute atomic E-state index is 11.8. The van der Waals surface area contributed by atoms with Gasteiger partial charge in [0.15, 0.2) is 0 Å². The number of hydrogen-bond acceptors (Lipinski definition) is 4. The summed E-state index contributed by atoms with van der Waals surface area (Å²) in [5, 5.41) is 5.46. The summed E-state index contributed by atoms with van der Waals surface area (Å²) >= 11 is 17.8. The average molecular weight is 335 g/mol. The molecule has 0 aliphatic carbocycles. The maximum Gasteiger partial charge on any atom is 0.239 e. The maximum atomic E-state index is 11.8. The number of carbonyl (C=O) groups excluding carboxylic acids is 2. The Morgan fingerprint density at radius 1 is 1.47 bits per heavy atom. The van der Waals surface area contributed by atoms with Crippen molar-refractivity contribution in [2.45, 2.75) is 11.7 Å². The van der Waals surface area contributed by atoms with E-state index in [9.17, 15) is 9.59 Å². The Labute approximate surface area is 129 Å². The van der Waals surface area contributed by atoms with Crippen molar-refractivity contribution in [3.05, 3.63) is 28.2 Å². The van der Waals surface area contributed by atoms with E-state index >= 15 is 0 Å². The van der Waals surface area contributed by atoms with Crippen LogP contribution in [0.2, 0.25) is 10.0 Å². The second-order valence-electron chi connectivity index (χ2n) is 3.76. The van der Waals surface area contributed by atoms with Gasteiger partial charge in [0.1, 0.15) is 4.32 Å². The molecule has 0 aromatic heterocycles. The molecular formula is C11H8Cl2N2O2S2. The summed E-state index contributed by atoms with van der Waals surface area (Å²) in [5.74, 6) is -0.566. The third-order valence-electron chi connectivity index (χ3n) is 2.34. The van der Waals surface area contributed by atoms with Gasteiger partial charge in [-0.3, -0.25) is 9.59 Å². The lowest BCUT2D eigenvalue weighted by Gasteiger charge is -2.09. The molecule has 1 atom stereocenters. The van der Waals surface area contributed by atoms with E-state index in [4.69, 9.17) is 35.4 Å². The van der Waals surface area contributed by atoms with Crippen LogP contribution in [-0.4, -0.2) is 21.4 Å². The summed E-state index contributed by atoms with van der Waals surface area (Å²) < 4.78 is 0.392. The quantitative estimate of drug-likeness (QED) is 0.834. The van der Waals surface area contributed by atoms with Crippen LogP contribution in [0.4, 0.5) is 5.69 Å². The predicted molar refractivity (Wildman–Crippen MR) is 81.8 cm³/mol. The van der Waals surface area contributed by atoms with Gasteiger partial charge in [0, 0.05) is 11.4 Å². The minimum absolute atomic E-state index is 0.0273. The normalized spacial score (nSPS) is 18.3. The Kier molecular flexibility index (Phi) is 4.67. The molecule has 1 aromatic carbocycles. The van der Waals surface area contributed by atoms with Crippen LogP contribution in [0, 0.1) is 0 Å². The van der Waals surface area contributed by atoms with E-state index in [1.165, 1.54) is 11.8 Å². The molecular weight excluding hydrogens is 327 g/mol. The number of halogens is 2. The Balaban J connectivity index is 2.00. The molecule has 2 amide bonds. The van der Waals surface area contributed by atoms with E-state index < -0.39 is 5.25 Å². The second kappa shape index (κ2) is 6.09. The van der Waals surface area contributed by atoms with Crippen molar-refractivity contribution < 1.29 is 9.59 Å². The van der Waals surface area contributed by atoms with Crippen molar-refractivity contribution in [3.63, 3.8) is 0 Å². The first-order chi connectivity index (χ1) is 8.95. The molecule has 19 heavy (non-hydrogen) atoms. The fourth-order valence-corrected chi connectivity index (χ4v) is 3.10. The van der Waals surface area contributed by atoms with E-state index in [1.807, 2.05) is 0 Å². The number of thioether (sulfide) groups is 1. The number of carbonyl (C=O) groups is 2. The van der Waals surface area contributed by atoms with Gasteiger partial charge in [-0.15, -0.1) is 0 Å². The Bertz CT molecular complexity index is 566. The fraction of sp³-hybridized carbons (Fsp3) is 0.182. The average Bonchev–Trinajstić information content (AvgIpc) is 2.62. The fourth-order valence-electron chi connectivity index (χ4n) is 1.49. The van der Waals surface area contributed by atoms with Crippen LogP contribution in [0.5, 0.6) is 0 Å². The lowest BCUT2D eigenvalue weighted by Crippen LogP contribution is -2.27. The number of nitrogens with one attached hydrogen (secondary N) is 2. The summed E-state index contributed by atoms with van der Waals surface area (Å²) in [6.45, 7) is 0. The van der Waals surface area contributed by atoms with Gasteiger partial charge < -0.3 is 10.6 Å². The number of thiocarbonyl (C=S) groups is 1. The van der Waals surface area contributed by atoms with Gasteiger partial charge in [-0.05, 0) is 18.2 Å². The van der Waals surface area contributed by atoms with E-state index in [1.54, 1.807) is 18.2 Å². The van der Waals surface area contributed by atoms with Gasteiger partial charge in [-0.1, -0.05) is 47.2 Å². The first-order valence-electron chi connectivity index (χ1n) is 5.22. The molecule has 1 saturated heterocycles. The van der Waals surface area contributed by atoms with Gasteiger partial charge in [-0.25, -0.2) is 0 Å². The molecule has 1 fully saturated rings. The monoisotopic (exact) mass is 334 g/mol. The van der Waals surface area contributed by atoms with Gasteiger partial charge in [0.05, 0.1) is 16.0 Å². The summed E-state index contributed by atoms with van der Waals surface area (Å²) in [4.78, 5) is 23.3. The first kappa shape index (κ1) is 14.6. The SMILES string of the molecule is O=C(C[C@H]1SC(=S)NC1=O)Nc1cc(Cl)ccc1Cl. The number of hydrogen-bond donors (Lipinski definition) is 2. The minimum Gasteiger partial charge on any atom is -0.325 e. The Morgan fingerprint density at radius 3 is 2.84 bits per heavy atom. The molecule has 8 heteroatoms. The molecule has 0 bridgehead atoms. The van der Waals surface area contributed by atoms with Crippen LogP contribution in [0.3, 0.4) is 0 Å². The van der Waals surface area contributed by atoms with Gasteiger partial charge in [0.2, 0.25) is 11.8 Å². The van der Waals surface area contributed by atoms with E-state index in [-0.39, 0.29) is 18.2 Å². The Morgan fingerprint density at radius 2 is 2.21 bits per heavy atom. The number of anilines is 1. The topological polar surface area (TPSA) is 58.2 Å². The largest absolute Gasteiger partial charge is 0.325 e.